The number of hydrogen-bond donors (Lipinski definition) is 0. The summed E-state index contributed by atoms with van der Waals surface area (Å²) in [5.41, 5.74) is 1.65. The molecule has 1 amide bonds. The number of benzene rings is 2. The van der Waals surface area contributed by atoms with E-state index in [-0.39, 0.29) is 11.3 Å². The number of nitro benzene ring substituents is 1. The van der Waals surface area contributed by atoms with Gasteiger partial charge in [0.25, 0.3) is 11.6 Å². The van der Waals surface area contributed by atoms with Gasteiger partial charge < -0.3 is 9.15 Å². The molecule has 0 aliphatic carbocycles. The Morgan fingerprint density at radius 2 is 2.00 bits per heavy atom. The van der Waals surface area contributed by atoms with Crippen LogP contribution in [-0.4, -0.2) is 34.1 Å². The number of amides is 1. The van der Waals surface area contributed by atoms with Crippen LogP contribution in [0.4, 0.5) is 5.69 Å². The van der Waals surface area contributed by atoms with Gasteiger partial charge in [-0.05, 0) is 42.8 Å². The molecule has 1 atom stereocenters. The first-order valence-corrected chi connectivity index (χ1v) is 10.3. The third-order valence-electron chi connectivity index (χ3n) is 5.18. The lowest BCUT2D eigenvalue weighted by molar-refractivity contribution is -0.385. The zero-order valence-electron chi connectivity index (χ0n) is 17.4. The third kappa shape index (κ3) is 4.78. The fourth-order valence-corrected chi connectivity index (χ4v) is 3.60. The van der Waals surface area contributed by atoms with Crippen molar-refractivity contribution in [3.05, 3.63) is 98.4 Å². The number of furan rings is 1. The van der Waals surface area contributed by atoms with Gasteiger partial charge in [-0.25, -0.2) is 9.80 Å². The fourth-order valence-electron chi connectivity index (χ4n) is 3.47. The SMILES string of the molecule is Cc1ccc(C(=O)OCC(=O)N2N=C(c3ccc(Cl)cc3)CC2c2ccco2)cc1[N+](=O)[O-]. The molecule has 4 rings (SSSR count). The Labute approximate surface area is 193 Å². The van der Waals surface area contributed by atoms with E-state index < -0.39 is 29.4 Å². The Morgan fingerprint density at radius 3 is 2.67 bits per heavy atom. The van der Waals surface area contributed by atoms with Crippen molar-refractivity contribution in [2.24, 2.45) is 5.10 Å². The third-order valence-corrected chi connectivity index (χ3v) is 5.44. The van der Waals surface area contributed by atoms with E-state index in [1.165, 1.54) is 23.4 Å². The number of ether oxygens (including phenoxy) is 1. The second-order valence-electron chi connectivity index (χ2n) is 7.36. The Hall–Kier alpha value is -3.98. The highest BCUT2D eigenvalue weighted by atomic mass is 35.5. The van der Waals surface area contributed by atoms with Crippen molar-refractivity contribution in [1.82, 2.24) is 5.01 Å². The van der Waals surface area contributed by atoms with Crippen LogP contribution in [0, 0.1) is 17.0 Å². The number of aryl methyl sites for hydroxylation is 1. The average Bonchev–Trinajstić information content (AvgIpc) is 3.48. The number of rotatable bonds is 6. The monoisotopic (exact) mass is 467 g/mol. The van der Waals surface area contributed by atoms with Crippen LogP contribution in [0.5, 0.6) is 0 Å². The highest BCUT2D eigenvalue weighted by Gasteiger charge is 2.35. The maximum Gasteiger partial charge on any atom is 0.338 e. The first-order chi connectivity index (χ1) is 15.8. The number of hydrazone groups is 1. The van der Waals surface area contributed by atoms with Gasteiger partial charge in [0.2, 0.25) is 0 Å². The van der Waals surface area contributed by atoms with Crippen LogP contribution in [0.15, 0.2) is 70.4 Å². The smallest absolute Gasteiger partial charge is 0.338 e. The normalized spacial score (nSPS) is 15.3. The molecule has 1 aromatic heterocycles. The lowest BCUT2D eigenvalue weighted by Crippen LogP contribution is -2.31. The van der Waals surface area contributed by atoms with Crippen molar-refractivity contribution < 1.29 is 23.7 Å². The zero-order valence-corrected chi connectivity index (χ0v) is 18.2. The molecule has 2 heterocycles. The summed E-state index contributed by atoms with van der Waals surface area (Å²) in [6.45, 7) is 0.976. The number of carbonyl (C=O) groups excluding carboxylic acids is 2. The molecule has 0 fully saturated rings. The van der Waals surface area contributed by atoms with E-state index in [2.05, 4.69) is 5.10 Å². The highest BCUT2D eigenvalue weighted by molar-refractivity contribution is 6.30. The van der Waals surface area contributed by atoms with Crippen molar-refractivity contribution in [3.8, 4) is 0 Å². The maximum atomic E-state index is 12.9. The maximum absolute atomic E-state index is 12.9. The summed E-state index contributed by atoms with van der Waals surface area (Å²) in [5, 5.41) is 17.4. The molecule has 0 spiro atoms. The summed E-state index contributed by atoms with van der Waals surface area (Å²) in [4.78, 5) is 35.8. The molecule has 3 aromatic rings. The van der Waals surface area contributed by atoms with Crippen molar-refractivity contribution in [2.45, 2.75) is 19.4 Å². The summed E-state index contributed by atoms with van der Waals surface area (Å²) < 4.78 is 10.6. The number of nitrogens with zero attached hydrogens (tertiary/aromatic N) is 3. The van der Waals surface area contributed by atoms with Gasteiger partial charge in [-0.15, -0.1) is 0 Å². The summed E-state index contributed by atoms with van der Waals surface area (Å²) in [5.74, 6) is -0.867. The van der Waals surface area contributed by atoms with Crippen molar-refractivity contribution in [1.29, 1.82) is 0 Å². The molecule has 1 aliphatic rings. The van der Waals surface area contributed by atoms with Gasteiger partial charge in [-0.2, -0.15) is 5.10 Å². The highest BCUT2D eigenvalue weighted by Crippen LogP contribution is 2.33. The molecule has 2 aromatic carbocycles. The molecule has 0 bridgehead atoms. The Kier molecular flexibility index (Phi) is 6.23. The van der Waals surface area contributed by atoms with Gasteiger partial charge in [0.15, 0.2) is 6.61 Å². The molecule has 0 radical (unpaired) electrons. The fraction of sp³-hybridized carbons (Fsp3) is 0.174. The summed E-state index contributed by atoms with van der Waals surface area (Å²) in [6.07, 6.45) is 1.90. The minimum atomic E-state index is -0.845. The Balaban J connectivity index is 1.51. The summed E-state index contributed by atoms with van der Waals surface area (Å²) in [7, 11) is 0. The molecule has 168 valence electrons. The standard InChI is InChI=1S/C23H18ClN3O6/c1-14-4-5-16(11-19(14)27(30)31)23(29)33-13-22(28)26-20(21-3-2-10-32-21)12-18(25-26)15-6-8-17(24)9-7-15/h2-11,20H,12-13H2,1H3. The van der Waals surface area contributed by atoms with E-state index >= 15 is 0 Å². The molecular weight excluding hydrogens is 450 g/mol. The van der Waals surface area contributed by atoms with Gasteiger partial charge in [-0.3, -0.25) is 14.9 Å². The van der Waals surface area contributed by atoms with E-state index in [0.717, 1.165) is 11.6 Å². The molecule has 0 saturated heterocycles. The van der Waals surface area contributed by atoms with Gasteiger partial charge >= 0.3 is 5.97 Å². The molecule has 1 unspecified atom stereocenters. The van der Waals surface area contributed by atoms with Gasteiger partial charge in [0.05, 0.1) is 22.5 Å². The van der Waals surface area contributed by atoms with Crippen LogP contribution in [-0.2, 0) is 9.53 Å². The minimum Gasteiger partial charge on any atom is -0.467 e. The average molecular weight is 468 g/mol. The Bertz CT molecular complexity index is 1240. The van der Waals surface area contributed by atoms with Crippen molar-refractivity contribution >= 4 is 34.9 Å². The van der Waals surface area contributed by atoms with Crippen LogP contribution >= 0.6 is 11.6 Å². The Morgan fingerprint density at radius 1 is 1.24 bits per heavy atom. The number of carbonyl (C=O) groups is 2. The van der Waals surface area contributed by atoms with Crippen molar-refractivity contribution in [3.63, 3.8) is 0 Å². The summed E-state index contributed by atoms with van der Waals surface area (Å²) >= 11 is 5.96. The topological polar surface area (TPSA) is 115 Å². The second kappa shape index (κ2) is 9.25. The van der Waals surface area contributed by atoms with Crippen LogP contribution < -0.4 is 0 Å². The van der Waals surface area contributed by atoms with Crippen LogP contribution in [0.1, 0.15) is 39.7 Å². The molecular formula is C23H18ClN3O6. The first kappa shape index (κ1) is 22.2. The molecule has 10 heteroatoms. The summed E-state index contributed by atoms with van der Waals surface area (Å²) in [6, 6.07) is 14.0. The first-order valence-electron chi connectivity index (χ1n) is 9.94. The van der Waals surface area contributed by atoms with Crippen LogP contribution in [0.25, 0.3) is 0 Å². The van der Waals surface area contributed by atoms with Gasteiger partial charge in [0.1, 0.15) is 11.8 Å². The van der Waals surface area contributed by atoms with Crippen LogP contribution in [0.2, 0.25) is 5.02 Å². The zero-order chi connectivity index (χ0) is 23.5. The van der Waals surface area contributed by atoms with E-state index in [9.17, 15) is 19.7 Å². The van der Waals surface area contributed by atoms with E-state index in [0.29, 0.717) is 28.5 Å². The molecule has 0 saturated carbocycles. The predicted octanol–water partition coefficient (Wildman–Crippen LogP) is 4.68. The van der Waals surface area contributed by atoms with Gasteiger partial charge in [-0.1, -0.05) is 29.8 Å². The molecule has 0 N–H and O–H groups in total. The molecule has 1 aliphatic heterocycles. The molecule has 33 heavy (non-hydrogen) atoms. The quantitative estimate of drug-likeness (QED) is 0.295. The van der Waals surface area contributed by atoms with E-state index in [1.807, 2.05) is 0 Å². The predicted molar refractivity (Wildman–Crippen MR) is 119 cm³/mol. The van der Waals surface area contributed by atoms with E-state index in [1.54, 1.807) is 43.3 Å². The van der Waals surface area contributed by atoms with Crippen LogP contribution in [0.3, 0.4) is 0 Å². The lowest BCUT2D eigenvalue weighted by atomic mass is 10.0. The second-order valence-corrected chi connectivity index (χ2v) is 7.80. The number of hydrogen-bond acceptors (Lipinski definition) is 7. The minimum absolute atomic E-state index is 0.0190. The number of nitro groups is 1. The number of halogens is 1. The van der Waals surface area contributed by atoms with Gasteiger partial charge in [0, 0.05) is 23.1 Å². The van der Waals surface area contributed by atoms with Crippen molar-refractivity contribution in [2.75, 3.05) is 6.61 Å². The lowest BCUT2D eigenvalue weighted by Gasteiger charge is -2.19. The largest absolute Gasteiger partial charge is 0.467 e. The number of esters is 1. The molecule has 9 nitrogen and oxygen atoms in total. The van der Waals surface area contributed by atoms with E-state index in [4.69, 9.17) is 20.8 Å².